The van der Waals surface area contributed by atoms with Crippen LogP contribution in [0.1, 0.15) is 278 Å². The summed E-state index contributed by atoms with van der Waals surface area (Å²) in [5.41, 5.74) is 0. The zero-order chi connectivity index (χ0) is 45.8. The Balaban J connectivity index is 4.37. The molecular weight excluding hydrogens is 781 g/mol. The summed E-state index contributed by atoms with van der Waals surface area (Å²) >= 11 is 0. The maximum atomic E-state index is 12.8. The molecule has 0 aliphatic heterocycles. The Labute approximate surface area is 390 Å². The lowest BCUT2D eigenvalue weighted by Crippen LogP contribution is -2.30. The maximum absolute atomic E-state index is 12.8. The Morgan fingerprint density at radius 2 is 0.571 bits per heavy atom. The molecule has 0 aromatic carbocycles. The van der Waals surface area contributed by atoms with Crippen molar-refractivity contribution in [3.63, 3.8) is 0 Å². The lowest BCUT2D eigenvalue weighted by molar-refractivity contribution is -0.167. The fraction of sp³-hybridized carbons (Fsp3) is 0.807. The van der Waals surface area contributed by atoms with Crippen LogP contribution in [0.5, 0.6) is 0 Å². The molecule has 1 unspecified atom stereocenters. The van der Waals surface area contributed by atoms with E-state index in [1.807, 2.05) is 0 Å². The molecule has 0 aliphatic carbocycles. The number of esters is 3. The van der Waals surface area contributed by atoms with Crippen molar-refractivity contribution in [3.05, 3.63) is 48.6 Å². The van der Waals surface area contributed by atoms with E-state index in [2.05, 4.69) is 69.4 Å². The highest BCUT2D eigenvalue weighted by atomic mass is 16.6. The molecule has 0 aliphatic rings. The van der Waals surface area contributed by atoms with Crippen LogP contribution >= 0.6 is 0 Å². The minimum Gasteiger partial charge on any atom is -0.462 e. The number of carbonyl (C=O) groups is 3. The van der Waals surface area contributed by atoms with Gasteiger partial charge in [0.1, 0.15) is 13.2 Å². The van der Waals surface area contributed by atoms with Crippen molar-refractivity contribution in [2.45, 2.75) is 284 Å². The highest BCUT2D eigenvalue weighted by Crippen LogP contribution is 2.15. The molecule has 0 radical (unpaired) electrons. The summed E-state index contributed by atoms with van der Waals surface area (Å²) in [5.74, 6) is -0.892. The van der Waals surface area contributed by atoms with Crippen LogP contribution < -0.4 is 0 Å². The molecule has 63 heavy (non-hydrogen) atoms. The fourth-order valence-electron chi connectivity index (χ4n) is 7.68. The normalized spacial score (nSPS) is 12.4. The lowest BCUT2D eigenvalue weighted by atomic mass is 10.1. The van der Waals surface area contributed by atoms with Gasteiger partial charge in [0.15, 0.2) is 6.10 Å². The van der Waals surface area contributed by atoms with E-state index >= 15 is 0 Å². The van der Waals surface area contributed by atoms with Crippen molar-refractivity contribution >= 4 is 17.9 Å². The van der Waals surface area contributed by atoms with E-state index in [4.69, 9.17) is 14.2 Å². The molecular formula is C57H102O6. The van der Waals surface area contributed by atoms with Gasteiger partial charge in [-0.25, -0.2) is 0 Å². The molecule has 0 N–H and O–H groups in total. The second kappa shape index (κ2) is 52.0. The summed E-state index contributed by atoms with van der Waals surface area (Å²) in [4.78, 5) is 38.0. The second-order valence-corrected chi connectivity index (χ2v) is 18.1. The molecule has 0 fully saturated rings. The van der Waals surface area contributed by atoms with Gasteiger partial charge < -0.3 is 14.2 Å². The van der Waals surface area contributed by atoms with Gasteiger partial charge in [0, 0.05) is 19.3 Å². The molecule has 0 saturated carbocycles. The third kappa shape index (κ3) is 50.2. The van der Waals surface area contributed by atoms with Gasteiger partial charge in [-0.05, 0) is 83.5 Å². The molecule has 1 atom stereocenters. The Kier molecular flexibility index (Phi) is 49.8. The molecule has 366 valence electrons. The molecule has 0 aromatic rings. The quantitative estimate of drug-likeness (QED) is 0.0262. The van der Waals surface area contributed by atoms with Crippen LogP contribution in [0.2, 0.25) is 0 Å². The standard InChI is InChI=1S/C57H102O6/c1-4-7-10-13-16-19-22-24-26-28-29-31-32-35-38-41-44-47-50-56(59)62-53-54(52-61-55(58)49-46-43-40-37-34-21-18-15-12-9-6-3)63-57(60)51-48-45-42-39-36-33-30-27-25-23-20-17-14-11-8-5-2/h19-20,22-23,26-28,30,54H,4-18,21,24-25,29,31-53H2,1-3H3/b22-19-,23-20-,28-26-,30-27-. The van der Waals surface area contributed by atoms with Crippen LogP contribution in [-0.2, 0) is 28.6 Å². The number of hydrogen-bond donors (Lipinski definition) is 0. The van der Waals surface area contributed by atoms with Gasteiger partial charge in [-0.2, -0.15) is 0 Å². The summed E-state index contributed by atoms with van der Waals surface area (Å²) in [7, 11) is 0. The van der Waals surface area contributed by atoms with Gasteiger partial charge in [0.25, 0.3) is 0 Å². The van der Waals surface area contributed by atoms with Gasteiger partial charge in [0.05, 0.1) is 0 Å². The van der Waals surface area contributed by atoms with E-state index in [0.717, 1.165) is 96.3 Å². The fourth-order valence-corrected chi connectivity index (χ4v) is 7.68. The van der Waals surface area contributed by atoms with E-state index in [1.165, 1.54) is 141 Å². The van der Waals surface area contributed by atoms with Gasteiger partial charge in [-0.15, -0.1) is 0 Å². The first-order valence-electron chi connectivity index (χ1n) is 27.1. The van der Waals surface area contributed by atoms with Crippen molar-refractivity contribution in [1.29, 1.82) is 0 Å². The van der Waals surface area contributed by atoms with Crippen LogP contribution in [0, 0.1) is 0 Å². The number of ether oxygens (including phenoxy) is 3. The Bertz CT molecular complexity index is 1110. The van der Waals surface area contributed by atoms with Crippen LogP contribution in [0.4, 0.5) is 0 Å². The molecule has 0 rings (SSSR count). The number of allylic oxidation sites excluding steroid dienone is 8. The minimum atomic E-state index is -0.781. The Morgan fingerprint density at radius 3 is 0.889 bits per heavy atom. The van der Waals surface area contributed by atoms with Gasteiger partial charge in [-0.1, -0.05) is 223 Å². The number of hydrogen-bond acceptors (Lipinski definition) is 6. The monoisotopic (exact) mass is 883 g/mol. The molecule has 0 amide bonds. The zero-order valence-corrected chi connectivity index (χ0v) is 41.8. The molecule has 0 heterocycles. The number of rotatable bonds is 49. The summed E-state index contributed by atoms with van der Waals surface area (Å²) in [6, 6.07) is 0. The topological polar surface area (TPSA) is 78.9 Å². The van der Waals surface area contributed by atoms with Crippen molar-refractivity contribution in [2.75, 3.05) is 13.2 Å². The highest BCUT2D eigenvalue weighted by Gasteiger charge is 2.19. The minimum absolute atomic E-state index is 0.0792. The van der Waals surface area contributed by atoms with Crippen molar-refractivity contribution in [3.8, 4) is 0 Å². The second-order valence-electron chi connectivity index (χ2n) is 18.1. The third-order valence-electron chi connectivity index (χ3n) is 11.8. The first-order valence-corrected chi connectivity index (χ1v) is 27.1. The predicted molar refractivity (Wildman–Crippen MR) is 270 cm³/mol. The maximum Gasteiger partial charge on any atom is 0.306 e. The largest absolute Gasteiger partial charge is 0.462 e. The lowest BCUT2D eigenvalue weighted by Gasteiger charge is -2.18. The van der Waals surface area contributed by atoms with Crippen LogP contribution in [-0.4, -0.2) is 37.2 Å². The zero-order valence-electron chi connectivity index (χ0n) is 41.8. The predicted octanol–water partition coefficient (Wildman–Crippen LogP) is 17.9. The summed E-state index contributed by atoms with van der Waals surface area (Å²) in [6.07, 6.45) is 62.3. The number of unbranched alkanes of at least 4 members (excludes halogenated alkanes) is 30. The Hall–Kier alpha value is -2.63. The Morgan fingerprint density at radius 1 is 0.317 bits per heavy atom. The summed E-state index contributed by atoms with van der Waals surface area (Å²) in [5, 5.41) is 0. The van der Waals surface area contributed by atoms with E-state index in [1.54, 1.807) is 0 Å². The van der Waals surface area contributed by atoms with Gasteiger partial charge in [0.2, 0.25) is 0 Å². The van der Waals surface area contributed by atoms with E-state index in [9.17, 15) is 14.4 Å². The molecule has 0 bridgehead atoms. The van der Waals surface area contributed by atoms with Crippen LogP contribution in [0.15, 0.2) is 48.6 Å². The third-order valence-corrected chi connectivity index (χ3v) is 11.8. The van der Waals surface area contributed by atoms with Crippen molar-refractivity contribution < 1.29 is 28.6 Å². The van der Waals surface area contributed by atoms with Crippen LogP contribution in [0.25, 0.3) is 0 Å². The molecule has 0 saturated heterocycles. The summed E-state index contributed by atoms with van der Waals surface area (Å²) in [6.45, 7) is 6.60. The van der Waals surface area contributed by atoms with E-state index < -0.39 is 6.10 Å². The smallest absolute Gasteiger partial charge is 0.306 e. The van der Waals surface area contributed by atoms with E-state index in [-0.39, 0.29) is 31.1 Å². The molecule has 0 spiro atoms. The van der Waals surface area contributed by atoms with Gasteiger partial charge >= 0.3 is 17.9 Å². The average molecular weight is 883 g/mol. The summed E-state index contributed by atoms with van der Waals surface area (Å²) < 4.78 is 16.8. The molecule has 6 nitrogen and oxygen atoms in total. The van der Waals surface area contributed by atoms with Gasteiger partial charge in [-0.3, -0.25) is 14.4 Å². The SMILES string of the molecule is CCCCCC/C=C\C/C=C\CCCCCCCCCC(=O)OCC(COC(=O)CCCCCCCCCCCCC)OC(=O)CCCCCCC/C=C\C/C=C\CCCCCC. The van der Waals surface area contributed by atoms with Crippen molar-refractivity contribution in [1.82, 2.24) is 0 Å². The van der Waals surface area contributed by atoms with Crippen LogP contribution in [0.3, 0.4) is 0 Å². The molecule has 0 aromatic heterocycles. The number of carbonyl (C=O) groups excluding carboxylic acids is 3. The first-order chi connectivity index (χ1) is 31.0. The highest BCUT2D eigenvalue weighted by molar-refractivity contribution is 5.71. The first kappa shape index (κ1) is 60.4. The van der Waals surface area contributed by atoms with Crippen molar-refractivity contribution in [2.24, 2.45) is 0 Å². The molecule has 6 heteroatoms. The van der Waals surface area contributed by atoms with E-state index in [0.29, 0.717) is 19.3 Å². The average Bonchev–Trinajstić information content (AvgIpc) is 3.28.